The van der Waals surface area contributed by atoms with Crippen LogP contribution < -0.4 is 10.3 Å². The summed E-state index contributed by atoms with van der Waals surface area (Å²) in [5.41, 5.74) is 4.54. The molecule has 7 nitrogen and oxygen atoms in total. The van der Waals surface area contributed by atoms with Gasteiger partial charge in [0.1, 0.15) is 5.71 Å². The highest BCUT2D eigenvalue weighted by molar-refractivity contribution is 6.39. The minimum atomic E-state index is -0.148. The summed E-state index contributed by atoms with van der Waals surface area (Å²) in [6.07, 6.45) is 0.713. The number of ketones is 1. The van der Waals surface area contributed by atoms with E-state index in [9.17, 15) is 14.4 Å². The van der Waals surface area contributed by atoms with Gasteiger partial charge in [0.05, 0.1) is 0 Å². The standard InChI is InChI=1S/C17H20N4O3/c1-12(22)13-2-4-14(5-3-13)20-8-10-21(11-9-20)17(24)15-6-7-16(23)19-18-15/h2-5H,6-11H2,1H3,(H,19,23). The second-order valence-electron chi connectivity index (χ2n) is 5.98. The first-order valence-electron chi connectivity index (χ1n) is 8.05. The highest BCUT2D eigenvalue weighted by atomic mass is 16.2. The summed E-state index contributed by atoms with van der Waals surface area (Å²) in [7, 11) is 0. The first-order chi connectivity index (χ1) is 11.5. The van der Waals surface area contributed by atoms with E-state index in [1.54, 1.807) is 11.8 Å². The van der Waals surface area contributed by atoms with Gasteiger partial charge in [-0.1, -0.05) is 0 Å². The van der Waals surface area contributed by atoms with Gasteiger partial charge in [0, 0.05) is 50.3 Å². The van der Waals surface area contributed by atoms with Crippen LogP contribution in [-0.4, -0.2) is 54.4 Å². The summed E-state index contributed by atoms with van der Waals surface area (Å²) >= 11 is 0. The smallest absolute Gasteiger partial charge is 0.270 e. The maximum Gasteiger partial charge on any atom is 0.270 e. The van der Waals surface area contributed by atoms with E-state index in [1.807, 2.05) is 24.3 Å². The topological polar surface area (TPSA) is 82.1 Å². The molecule has 1 N–H and O–H groups in total. The second-order valence-corrected chi connectivity index (χ2v) is 5.98. The van der Waals surface area contributed by atoms with Gasteiger partial charge in [0.25, 0.3) is 5.91 Å². The van der Waals surface area contributed by atoms with Crippen molar-refractivity contribution in [2.24, 2.45) is 5.10 Å². The van der Waals surface area contributed by atoms with Crippen LogP contribution in [0.5, 0.6) is 0 Å². The number of nitrogens with one attached hydrogen (secondary N) is 1. The third-order valence-corrected chi connectivity index (χ3v) is 4.36. The third kappa shape index (κ3) is 3.45. The monoisotopic (exact) mass is 328 g/mol. The molecule has 1 fully saturated rings. The Morgan fingerprint density at radius 2 is 1.71 bits per heavy atom. The summed E-state index contributed by atoms with van der Waals surface area (Å²) in [5.74, 6) is -0.190. The second kappa shape index (κ2) is 6.82. The number of anilines is 1. The molecule has 0 radical (unpaired) electrons. The van der Waals surface area contributed by atoms with E-state index in [0.29, 0.717) is 37.2 Å². The number of amides is 2. The van der Waals surface area contributed by atoms with Crippen LogP contribution in [0, 0.1) is 0 Å². The first kappa shape index (κ1) is 16.2. The van der Waals surface area contributed by atoms with Crippen molar-refractivity contribution < 1.29 is 14.4 Å². The van der Waals surface area contributed by atoms with E-state index < -0.39 is 0 Å². The lowest BCUT2D eigenvalue weighted by Crippen LogP contribution is -2.51. The number of carbonyl (C=O) groups excluding carboxylic acids is 3. The van der Waals surface area contributed by atoms with Crippen LogP contribution >= 0.6 is 0 Å². The minimum Gasteiger partial charge on any atom is -0.368 e. The molecule has 2 amide bonds. The Kier molecular flexibility index (Phi) is 4.59. The molecular weight excluding hydrogens is 308 g/mol. The molecular formula is C17H20N4O3. The Labute approximate surface area is 140 Å². The maximum atomic E-state index is 12.4. The lowest BCUT2D eigenvalue weighted by atomic mass is 10.1. The quantitative estimate of drug-likeness (QED) is 0.832. The molecule has 0 bridgehead atoms. The number of nitrogens with zero attached hydrogens (tertiary/aromatic N) is 3. The van der Waals surface area contributed by atoms with Gasteiger partial charge >= 0.3 is 0 Å². The zero-order valence-corrected chi connectivity index (χ0v) is 13.6. The summed E-state index contributed by atoms with van der Waals surface area (Å²) in [6, 6.07) is 7.53. The number of Topliss-reactive ketones (excluding diaryl/α,β-unsaturated/α-hetero) is 1. The maximum absolute atomic E-state index is 12.4. The fourth-order valence-corrected chi connectivity index (χ4v) is 2.89. The van der Waals surface area contributed by atoms with Gasteiger partial charge in [-0.25, -0.2) is 5.43 Å². The van der Waals surface area contributed by atoms with Crippen LogP contribution in [-0.2, 0) is 9.59 Å². The summed E-state index contributed by atoms with van der Waals surface area (Å²) in [4.78, 5) is 38.8. The molecule has 0 aliphatic carbocycles. The summed E-state index contributed by atoms with van der Waals surface area (Å²) in [5, 5.41) is 3.87. The zero-order chi connectivity index (χ0) is 17.1. The van der Waals surface area contributed by atoms with Gasteiger partial charge in [-0.2, -0.15) is 5.10 Å². The summed E-state index contributed by atoms with van der Waals surface area (Å²) in [6.45, 7) is 4.23. The van der Waals surface area contributed by atoms with Gasteiger partial charge in [-0.05, 0) is 31.2 Å². The van der Waals surface area contributed by atoms with Crippen molar-refractivity contribution in [3.05, 3.63) is 29.8 Å². The molecule has 126 valence electrons. The van der Waals surface area contributed by atoms with E-state index in [1.165, 1.54) is 0 Å². The molecule has 1 saturated heterocycles. The Morgan fingerprint density at radius 3 is 2.25 bits per heavy atom. The van der Waals surface area contributed by atoms with Gasteiger partial charge in [0.2, 0.25) is 5.91 Å². The minimum absolute atomic E-state index is 0.0531. The highest BCUT2D eigenvalue weighted by Gasteiger charge is 2.26. The van der Waals surface area contributed by atoms with Gasteiger partial charge < -0.3 is 9.80 Å². The predicted molar refractivity (Wildman–Crippen MR) is 90.1 cm³/mol. The lowest BCUT2D eigenvalue weighted by molar-refractivity contribution is -0.124. The van der Waals surface area contributed by atoms with Crippen LogP contribution in [0.15, 0.2) is 29.4 Å². The van der Waals surface area contributed by atoms with Crippen LogP contribution in [0.25, 0.3) is 0 Å². The van der Waals surface area contributed by atoms with E-state index >= 15 is 0 Å². The SMILES string of the molecule is CC(=O)c1ccc(N2CCN(C(=O)C3=NNC(=O)CC3)CC2)cc1. The van der Waals surface area contributed by atoms with Gasteiger partial charge in [-0.3, -0.25) is 14.4 Å². The molecule has 2 aliphatic rings. The van der Waals surface area contributed by atoms with E-state index in [4.69, 9.17) is 0 Å². The van der Waals surface area contributed by atoms with Crippen molar-refractivity contribution in [3.8, 4) is 0 Å². The Balaban J connectivity index is 1.58. The predicted octanol–water partition coefficient (Wildman–Crippen LogP) is 0.804. The molecule has 1 aromatic rings. The molecule has 0 aromatic heterocycles. The zero-order valence-electron chi connectivity index (χ0n) is 13.6. The van der Waals surface area contributed by atoms with Crippen LogP contribution in [0.1, 0.15) is 30.1 Å². The van der Waals surface area contributed by atoms with Crippen molar-refractivity contribution in [1.82, 2.24) is 10.3 Å². The average Bonchev–Trinajstić information content (AvgIpc) is 2.62. The fourth-order valence-electron chi connectivity index (χ4n) is 2.89. The molecule has 7 heteroatoms. The number of carbonyl (C=O) groups is 3. The van der Waals surface area contributed by atoms with E-state index in [2.05, 4.69) is 15.4 Å². The fraction of sp³-hybridized carbons (Fsp3) is 0.412. The third-order valence-electron chi connectivity index (χ3n) is 4.36. The van der Waals surface area contributed by atoms with Crippen LogP contribution in [0.4, 0.5) is 5.69 Å². The lowest BCUT2D eigenvalue weighted by Gasteiger charge is -2.36. The molecule has 2 aliphatic heterocycles. The van der Waals surface area contributed by atoms with Crippen molar-refractivity contribution in [2.45, 2.75) is 19.8 Å². The Hall–Kier alpha value is -2.70. The summed E-state index contributed by atoms with van der Waals surface area (Å²) < 4.78 is 0. The molecule has 3 rings (SSSR count). The van der Waals surface area contributed by atoms with E-state index in [-0.39, 0.29) is 17.6 Å². The molecule has 2 heterocycles. The normalized spacial score (nSPS) is 18.0. The van der Waals surface area contributed by atoms with Gasteiger partial charge in [-0.15, -0.1) is 0 Å². The van der Waals surface area contributed by atoms with Crippen molar-refractivity contribution in [1.29, 1.82) is 0 Å². The Morgan fingerprint density at radius 1 is 1.04 bits per heavy atom. The number of hydrazone groups is 1. The number of hydrogen-bond acceptors (Lipinski definition) is 5. The van der Waals surface area contributed by atoms with Crippen molar-refractivity contribution in [3.63, 3.8) is 0 Å². The van der Waals surface area contributed by atoms with Crippen molar-refractivity contribution in [2.75, 3.05) is 31.1 Å². The van der Waals surface area contributed by atoms with Crippen LogP contribution in [0.2, 0.25) is 0 Å². The molecule has 0 spiro atoms. The molecule has 1 aromatic carbocycles. The molecule has 0 atom stereocenters. The number of rotatable bonds is 3. The molecule has 24 heavy (non-hydrogen) atoms. The molecule has 0 saturated carbocycles. The molecule has 0 unspecified atom stereocenters. The number of hydrogen-bond donors (Lipinski definition) is 1. The highest BCUT2D eigenvalue weighted by Crippen LogP contribution is 2.18. The van der Waals surface area contributed by atoms with E-state index in [0.717, 1.165) is 18.8 Å². The van der Waals surface area contributed by atoms with Crippen LogP contribution in [0.3, 0.4) is 0 Å². The first-order valence-corrected chi connectivity index (χ1v) is 8.05. The largest absolute Gasteiger partial charge is 0.368 e. The number of benzene rings is 1. The van der Waals surface area contributed by atoms with Gasteiger partial charge in [0.15, 0.2) is 5.78 Å². The Bertz CT molecular complexity index is 688. The number of piperazine rings is 1. The van der Waals surface area contributed by atoms with Crippen molar-refractivity contribution >= 4 is 29.0 Å². The average molecular weight is 328 g/mol.